The molecule has 5 heteroatoms. The number of rotatable bonds is 8. The average Bonchev–Trinajstić information content (AvgIpc) is 2.41. The number of benzene rings is 1. The van der Waals surface area contributed by atoms with E-state index in [9.17, 15) is 13.6 Å². The van der Waals surface area contributed by atoms with E-state index in [0.29, 0.717) is 24.6 Å². The first-order valence-electron chi connectivity index (χ1n) is 6.97. The van der Waals surface area contributed by atoms with E-state index >= 15 is 0 Å². The molecule has 1 aromatic rings. The van der Waals surface area contributed by atoms with E-state index in [0.717, 1.165) is 31.4 Å². The predicted molar refractivity (Wildman–Crippen MR) is 75.1 cm³/mol. The number of amides is 1. The van der Waals surface area contributed by atoms with Gasteiger partial charge in [-0.25, -0.2) is 8.78 Å². The summed E-state index contributed by atoms with van der Waals surface area (Å²) in [6.45, 7) is 3.27. The Balaban J connectivity index is 2.44. The van der Waals surface area contributed by atoms with Crippen LogP contribution in [0.15, 0.2) is 18.2 Å². The molecule has 112 valence electrons. The van der Waals surface area contributed by atoms with Crippen LogP contribution in [0.1, 0.15) is 31.7 Å². The van der Waals surface area contributed by atoms with Crippen molar-refractivity contribution >= 4 is 5.91 Å². The van der Waals surface area contributed by atoms with Crippen molar-refractivity contribution in [3.05, 3.63) is 35.4 Å². The molecule has 0 spiro atoms. The molecule has 0 radical (unpaired) electrons. The standard InChI is InChI=1S/C15H22F2N2O/c1-2-3-11(6-7-18)10-19-15(20)9-12-4-5-13(16)14(17)8-12/h4-5,8,11H,2-3,6-7,9-10,18H2,1H3,(H,19,20). The maximum absolute atomic E-state index is 13.0. The monoisotopic (exact) mass is 284 g/mol. The molecular formula is C15H22F2N2O. The first kappa shape index (κ1) is 16.6. The Kier molecular flexibility index (Phi) is 7.15. The van der Waals surface area contributed by atoms with E-state index in [1.54, 1.807) is 0 Å². The van der Waals surface area contributed by atoms with Gasteiger partial charge in [0.25, 0.3) is 0 Å². The third-order valence-corrected chi connectivity index (χ3v) is 3.21. The normalized spacial score (nSPS) is 12.2. The van der Waals surface area contributed by atoms with E-state index < -0.39 is 11.6 Å². The van der Waals surface area contributed by atoms with Crippen molar-refractivity contribution in [2.75, 3.05) is 13.1 Å². The minimum atomic E-state index is -0.928. The van der Waals surface area contributed by atoms with Crippen LogP contribution in [0.4, 0.5) is 8.78 Å². The molecule has 0 heterocycles. The van der Waals surface area contributed by atoms with Crippen LogP contribution in [0.25, 0.3) is 0 Å². The van der Waals surface area contributed by atoms with Crippen LogP contribution < -0.4 is 11.1 Å². The van der Waals surface area contributed by atoms with Gasteiger partial charge in [-0.3, -0.25) is 4.79 Å². The van der Waals surface area contributed by atoms with Crippen LogP contribution in [-0.4, -0.2) is 19.0 Å². The summed E-state index contributed by atoms with van der Waals surface area (Å²) in [7, 11) is 0. The molecule has 0 fully saturated rings. The Labute approximate surface area is 118 Å². The lowest BCUT2D eigenvalue weighted by Crippen LogP contribution is -2.31. The van der Waals surface area contributed by atoms with Gasteiger partial charge in [0.1, 0.15) is 0 Å². The lowest BCUT2D eigenvalue weighted by molar-refractivity contribution is -0.120. The zero-order chi connectivity index (χ0) is 15.0. The van der Waals surface area contributed by atoms with Gasteiger partial charge in [0.15, 0.2) is 11.6 Å². The van der Waals surface area contributed by atoms with Crippen molar-refractivity contribution in [2.24, 2.45) is 11.7 Å². The minimum absolute atomic E-state index is 0.0542. The Morgan fingerprint density at radius 1 is 1.30 bits per heavy atom. The van der Waals surface area contributed by atoms with Gasteiger partial charge in [0, 0.05) is 6.54 Å². The molecule has 0 aliphatic heterocycles. The zero-order valence-electron chi connectivity index (χ0n) is 11.8. The number of carbonyl (C=O) groups excluding carboxylic acids is 1. The minimum Gasteiger partial charge on any atom is -0.356 e. The maximum Gasteiger partial charge on any atom is 0.224 e. The third-order valence-electron chi connectivity index (χ3n) is 3.21. The van der Waals surface area contributed by atoms with E-state index in [4.69, 9.17) is 5.73 Å². The van der Waals surface area contributed by atoms with Gasteiger partial charge in [-0.1, -0.05) is 19.4 Å². The van der Waals surface area contributed by atoms with Crippen molar-refractivity contribution in [2.45, 2.75) is 32.6 Å². The van der Waals surface area contributed by atoms with Crippen LogP contribution in [-0.2, 0) is 11.2 Å². The van der Waals surface area contributed by atoms with Gasteiger partial charge >= 0.3 is 0 Å². The van der Waals surface area contributed by atoms with E-state index in [-0.39, 0.29) is 12.3 Å². The molecule has 0 saturated heterocycles. The second-order valence-corrected chi connectivity index (χ2v) is 4.96. The molecule has 3 N–H and O–H groups in total. The number of nitrogens with one attached hydrogen (secondary N) is 1. The molecule has 1 aromatic carbocycles. The van der Waals surface area contributed by atoms with E-state index in [1.807, 2.05) is 0 Å². The van der Waals surface area contributed by atoms with E-state index in [1.165, 1.54) is 6.07 Å². The highest BCUT2D eigenvalue weighted by molar-refractivity contribution is 5.78. The van der Waals surface area contributed by atoms with Gasteiger partial charge in [-0.15, -0.1) is 0 Å². The highest BCUT2D eigenvalue weighted by Crippen LogP contribution is 2.11. The van der Waals surface area contributed by atoms with Crippen molar-refractivity contribution in [1.82, 2.24) is 5.32 Å². The predicted octanol–water partition coefficient (Wildman–Crippen LogP) is 2.39. The third kappa shape index (κ3) is 5.65. The number of nitrogens with two attached hydrogens (primary N) is 1. The van der Waals surface area contributed by atoms with Gasteiger partial charge < -0.3 is 11.1 Å². The fraction of sp³-hybridized carbons (Fsp3) is 0.533. The molecule has 0 saturated carbocycles. The number of carbonyl (C=O) groups is 1. The lowest BCUT2D eigenvalue weighted by Gasteiger charge is -2.15. The number of halogens is 2. The molecule has 1 unspecified atom stereocenters. The summed E-state index contributed by atoms with van der Waals surface area (Å²) in [6, 6.07) is 3.51. The van der Waals surface area contributed by atoms with Crippen LogP contribution in [0, 0.1) is 17.6 Å². The van der Waals surface area contributed by atoms with Crippen molar-refractivity contribution in [3.63, 3.8) is 0 Å². The quantitative estimate of drug-likeness (QED) is 0.770. The van der Waals surface area contributed by atoms with Crippen LogP contribution in [0.5, 0.6) is 0 Å². The fourth-order valence-corrected chi connectivity index (χ4v) is 2.15. The molecule has 1 amide bonds. The lowest BCUT2D eigenvalue weighted by atomic mass is 10.00. The Hall–Kier alpha value is -1.49. The van der Waals surface area contributed by atoms with Crippen molar-refractivity contribution in [3.8, 4) is 0 Å². The van der Waals surface area contributed by atoms with Gasteiger partial charge in [-0.2, -0.15) is 0 Å². The molecular weight excluding hydrogens is 262 g/mol. The Morgan fingerprint density at radius 3 is 2.65 bits per heavy atom. The summed E-state index contributed by atoms with van der Waals surface area (Å²) in [6.07, 6.45) is 2.99. The smallest absolute Gasteiger partial charge is 0.224 e. The highest BCUT2D eigenvalue weighted by atomic mass is 19.2. The molecule has 3 nitrogen and oxygen atoms in total. The van der Waals surface area contributed by atoms with Gasteiger partial charge in [0.2, 0.25) is 5.91 Å². The molecule has 1 atom stereocenters. The zero-order valence-corrected chi connectivity index (χ0v) is 11.8. The molecule has 1 rings (SSSR count). The average molecular weight is 284 g/mol. The van der Waals surface area contributed by atoms with Crippen LogP contribution >= 0.6 is 0 Å². The second-order valence-electron chi connectivity index (χ2n) is 4.96. The van der Waals surface area contributed by atoms with Crippen molar-refractivity contribution < 1.29 is 13.6 Å². The fourth-order valence-electron chi connectivity index (χ4n) is 2.15. The summed E-state index contributed by atoms with van der Waals surface area (Å²) < 4.78 is 25.8. The first-order chi connectivity index (χ1) is 9.56. The Morgan fingerprint density at radius 2 is 2.05 bits per heavy atom. The summed E-state index contributed by atoms with van der Waals surface area (Å²) >= 11 is 0. The summed E-state index contributed by atoms with van der Waals surface area (Å²) in [5.41, 5.74) is 6.00. The SMILES string of the molecule is CCCC(CCN)CNC(=O)Cc1ccc(F)c(F)c1. The topological polar surface area (TPSA) is 55.1 Å². The van der Waals surface area contributed by atoms with Crippen molar-refractivity contribution in [1.29, 1.82) is 0 Å². The molecule has 0 aliphatic rings. The van der Waals surface area contributed by atoms with Crippen LogP contribution in [0.2, 0.25) is 0 Å². The summed E-state index contributed by atoms with van der Waals surface area (Å²) in [5.74, 6) is -1.64. The summed E-state index contributed by atoms with van der Waals surface area (Å²) in [4.78, 5) is 11.8. The Bertz CT molecular complexity index is 432. The second kappa shape index (κ2) is 8.64. The highest BCUT2D eigenvalue weighted by Gasteiger charge is 2.10. The molecule has 0 aromatic heterocycles. The number of hydrogen-bond acceptors (Lipinski definition) is 2. The molecule has 20 heavy (non-hydrogen) atoms. The van der Waals surface area contributed by atoms with Gasteiger partial charge in [0.05, 0.1) is 6.42 Å². The molecule has 0 aliphatic carbocycles. The summed E-state index contributed by atoms with van der Waals surface area (Å²) in [5, 5.41) is 2.82. The van der Waals surface area contributed by atoms with Gasteiger partial charge in [-0.05, 0) is 43.0 Å². The van der Waals surface area contributed by atoms with E-state index in [2.05, 4.69) is 12.2 Å². The maximum atomic E-state index is 13.0. The number of hydrogen-bond donors (Lipinski definition) is 2. The van der Waals surface area contributed by atoms with Crippen LogP contribution in [0.3, 0.4) is 0 Å². The largest absolute Gasteiger partial charge is 0.356 e. The first-order valence-corrected chi connectivity index (χ1v) is 6.97. The molecule has 0 bridgehead atoms.